The van der Waals surface area contributed by atoms with Crippen molar-refractivity contribution in [3.63, 3.8) is 0 Å². The highest BCUT2D eigenvalue weighted by atomic mass is 19.4. The topological polar surface area (TPSA) is 64.7 Å². The third kappa shape index (κ3) is 4.28. The molecule has 26 heavy (non-hydrogen) atoms. The Kier molecular flexibility index (Phi) is 6.15. The maximum atomic E-state index is 13.3. The van der Waals surface area contributed by atoms with Crippen molar-refractivity contribution in [2.45, 2.75) is 31.7 Å². The molecule has 2 aromatic carbocycles. The largest absolute Gasteiger partial charge is 0.494 e. The second-order valence-corrected chi connectivity index (χ2v) is 5.91. The van der Waals surface area contributed by atoms with Gasteiger partial charge in [0.05, 0.1) is 12.2 Å². The first-order chi connectivity index (χ1) is 12.2. The van der Waals surface area contributed by atoms with Gasteiger partial charge in [-0.05, 0) is 43.7 Å². The van der Waals surface area contributed by atoms with Gasteiger partial charge >= 0.3 is 6.18 Å². The molecule has 0 aliphatic rings. The standard InChI is InChI=1S/C19H22F3NO3/c1-3-25-14-10-8-13(9-11-14)18(2,17(24)12-23)26-16-7-5-4-6-15(16)19(20,21)22/h4-11,17,24H,3,12,23H2,1-2H3. The Hall–Kier alpha value is -2.25. The van der Waals surface area contributed by atoms with Crippen molar-refractivity contribution in [1.82, 2.24) is 0 Å². The monoisotopic (exact) mass is 369 g/mol. The third-order valence-corrected chi connectivity index (χ3v) is 4.11. The first-order valence-corrected chi connectivity index (χ1v) is 8.19. The van der Waals surface area contributed by atoms with Crippen LogP contribution in [0.2, 0.25) is 0 Å². The van der Waals surface area contributed by atoms with E-state index in [1.807, 2.05) is 6.92 Å². The summed E-state index contributed by atoms with van der Waals surface area (Å²) in [5.74, 6) is 0.236. The second-order valence-electron chi connectivity index (χ2n) is 5.91. The van der Waals surface area contributed by atoms with Crippen LogP contribution in [0.1, 0.15) is 25.0 Å². The van der Waals surface area contributed by atoms with Crippen molar-refractivity contribution in [3.8, 4) is 11.5 Å². The molecule has 0 aromatic heterocycles. The maximum Gasteiger partial charge on any atom is 0.419 e. The molecule has 0 fully saturated rings. The van der Waals surface area contributed by atoms with E-state index in [1.54, 1.807) is 24.3 Å². The molecule has 4 nitrogen and oxygen atoms in total. The smallest absolute Gasteiger partial charge is 0.419 e. The lowest BCUT2D eigenvalue weighted by Crippen LogP contribution is -2.46. The van der Waals surface area contributed by atoms with Crippen molar-refractivity contribution in [3.05, 3.63) is 59.7 Å². The summed E-state index contributed by atoms with van der Waals surface area (Å²) in [6.45, 7) is 3.65. The van der Waals surface area contributed by atoms with Crippen LogP contribution in [0.5, 0.6) is 11.5 Å². The highest BCUT2D eigenvalue weighted by Gasteiger charge is 2.40. The zero-order chi connectivity index (χ0) is 19.4. The molecular formula is C19H22F3NO3. The van der Waals surface area contributed by atoms with E-state index in [1.165, 1.54) is 25.1 Å². The molecule has 7 heteroatoms. The Labute approximate surface area is 150 Å². The molecule has 2 unspecified atom stereocenters. The number of aliphatic hydroxyl groups is 1. The highest BCUT2D eigenvalue weighted by Crippen LogP contribution is 2.40. The van der Waals surface area contributed by atoms with Gasteiger partial charge in [-0.1, -0.05) is 24.3 Å². The molecule has 0 saturated carbocycles. The molecule has 0 aliphatic carbocycles. The van der Waals surface area contributed by atoms with Crippen molar-refractivity contribution >= 4 is 0 Å². The lowest BCUT2D eigenvalue weighted by molar-refractivity contribution is -0.141. The molecule has 0 spiro atoms. The second kappa shape index (κ2) is 7.97. The first kappa shape index (κ1) is 20.1. The van der Waals surface area contributed by atoms with E-state index in [9.17, 15) is 18.3 Å². The van der Waals surface area contributed by atoms with Gasteiger partial charge in [-0.3, -0.25) is 0 Å². The van der Waals surface area contributed by atoms with E-state index in [4.69, 9.17) is 15.2 Å². The quantitative estimate of drug-likeness (QED) is 0.781. The molecule has 2 rings (SSSR count). The van der Waals surface area contributed by atoms with Crippen LogP contribution >= 0.6 is 0 Å². The van der Waals surface area contributed by atoms with Gasteiger partial charge in [0.15, 0.2) is 5.60 Å². The minimum absolute atomic E-state index is 0.183. The molecule has 0 bridgehead atoms. The van der Waals surface area contributed by atoms with E-state index in [-0.39, 0.29) is 12.3 Å². The summed E-state index contributed by atoms with van der Waals surface area (Å²) in [5, 5.41) is 10.4. The summed E-state index contributed by atoms with van der Waals surface area (Å²) in [6.07, 6.45) is -5.80. The van der Waals surface area contributed by atoms with Crippen LogP contribution in [0, 0.1) is 0 Å². The van der Waals surface area contributed by atoms with Crippen LogP contribution in [0.15, 0.2) is 48.5 Å². The van der Waals surface area contributed by atoms with Gasteiger partial charge in [0.1, 0.15) is 17.6 Å². The summed E-state index contributed by atoms with van der Waals surface area (Å²) in [4.78, 5) is 0. The summed E-state index contributed by atoms with van der Waals surface area (Å²) in [5.41, 5.74) is 3.67. The Morgan fingerprint density at radius 1 is 1.08 bits per heavy atom. The summed E-state index contributed by atoms with van der Waals surface area (Å²) >= 11 is 0. The van der Waals surface area contributed by atoms with Crippen molar-refractivity contribution in [1.29, 1.82) is 0 Å². The van der Waals surface area contributed by atoms with Crippen LogP contribution in [0.4, 0.5) is 13.2 Å². The number of para-hydroxylation sites is 1. The fourth-order valence-electron chi connectivity index (χ4n) is 2.61. The number of nitrogens with two attached hydrogens (primary N) is 1. The van der Waals surface area contributed by atoms with Gasteiger partial charge in [-0.2, -0.15) is 13.2 Å². The van der Waals surface area contributed by atoms with E-state index >= 15 is 0 Å². The van der Waals surface area contributed by atoms with Gasteiger partial charge in [-0.25, -0.2) is 0 Å². The van der Waals surface area contributed by atoms with Crippen molar-refractivity contribution in [2.24, 2.45) is 5.73 Å². The fourth-order valence-corrected chi connectivity index (χ4v) is 2.61. The van der Waals surface area contributed by atoms with E-state index < -0.39 is 23.4 Å². The van der Waals surface area contributed by atoms with Crippen LogP contribution < -0.4 is 15.2 Å². The number of benzene rings is 2. The Morgan fingerprint density at radius 2 is 1.69 bits per heavy atom. The molecule has 0 heterocycles. The van der Waals surface area contributed by atoms with E-state index in [2.05, 4.69) is 0 Å². The average Bonchev–Trinajstić information content (AvgIpc) is 2.61. The summed E-state index contributed by atoms with van der Waals surface area (Å²) in [7, 11) is 0. The van der Waals surface area contributed by atoms with Gasteiger partial charge in [0.2, 0.25) is 0 Å². The molecule has 0 radical (unpaired) electrons. The van der Waals surface area contributed by atoms with Crippen molar-refractivity contribution in [2.75, 3.05) is 13.2 Å². The lowest BCUT2D eigenvalue weighted by atomic mass is 9.89. The number of alkyl halides is 3. The third-order valence-electron chi connectivity index (χ3n) is 4.11. The predicted octanol–water partition coefficient (Wildman–Crippen LogP) is 3.72. The average molecular weight is 369 g/mol. The number of hydrogen-bond acceptors (Lipinski definition) is 4. The number of ether oxygens (including phenoxy) is 2. The molecule has 0 saturated heterocycles. The van der Waals surface area contributed by atoms with Gasteiger partial charge < -0.3 is 20.3 Å². The predicted molar refractivity (Wildman–Crippen MR) is 92.1 cm³/mol. The molecule has 2 atom stereocenters. The molecule has 3 N–H and O–H groups in total. The van der Waals surface area contributed by atoms with Crippen LogP contribution in [0.3, 0.4) is 0 Å². The number of aliphatic hydroxyl groups excluding tert-OH is 1. The molecule has 0 amide bonds. The minimum Gasteiger partial charge on any atom is -0.494 e. The number of hydrogen-bond donors (Lipinski definition) is 2. The normalized spacial score (nSPS) is 15.2. The SMILES string of the molecule is CCOc1ccc(C(C)(Oc2ccccc2C(F)(F)F)C(O)CN)cc1. The lowest BCUT2D eigenvalue weighted by Gasteiger charge is -2.36. The van der Waals surface area contributed by atoms with Crippen LogP contribution in [0.25, 0.3) is 0 Å². The molecule has 0 aliphatic heterocycles. The van der Waals surface area contributed by atoms with Gasteiger partial charge in [0.25, 0.3) is 0 Å². The Morgan fingerprint density at radius 3 is 2.23 bits per heavy atom. The number of halogens is 3. The maximum absolute atomic E-state index is 13.3. The zero-order valence-corrected chi connectivity index (χ0v) is 14.6. The summed E-state index contributed by atoms with van der Waals surface area (Å²) < 4.78 is 50.9. The van der Waals surface area contributed by atoms with Crippen molar-refractivity contribution < 1.29 is 27.8 Å². The molecular weight excluding hydrogens is 347 g/mol. The zero-order valence-electron chi connectivity index (χ0n) is 14.6. The highest BCUT2D eigenvalue weighted by molar-refractivity contribution is 5.38. The molecule has 2 aromatic rings. The number of rotatable bonds is 7. The van der Waals surface area contributed by atoms with Crippen LogP contribution in [-0.2, 0) is 11.8 Å². The van der Waals surface area contributed by atoms with E-state index in [0.29, 0.717) is 17.9 Å². The molecule has 142 valence electrons. The minimum atomic E-state index is -4.58. The summed E-state index contributed by atoms with van der Waals surface area (Å²) in [6, 6.07) is 11.5. The van der Waals surface area contributed by atoms with Crippen LogP contribution in [-0.4, -0.2) is 24.4 Å². The Bertz CT molecular complexity index is 719. The van der Waals surface area contributed by atoms with Gasteiger partial charge in [0, 0.05) is 6.54 Å². The van der Waals surface area contributed by atoms with E-state index in [0.717, 1.165) is 6.07 Å². The Balaban J connectivity index is 2.45. The van der Waals surface area contributed by atoms with Gasteiger partial charge in [-0.15, -0.1) is 0 Å². The first-order valence-electron chi connectivity index (χ1n) is 8.19. The fraction of sp³-hybridized carbons (Fsp3) is 0.368.